The second kappa shape index (κ2) is 6.59. The summed E-state index contributed by atoms with van der Waals surface area (Å²) in [6, 6.07) is 18.3. The van der Waals surface area contributed by atoms with E-state index in [0.29, 0.717) is 5.82 Å². The molecule has 5 N–H and O–H groups in total. The molecule has 4 rings (SSSR count). The Morgan fingerprint density at radius 2 is 1.88 bits per heavy atom. The highest BCUT2D eigenvalue weighted by Crippen LogP contribution is 2.25. The lowest BCUT2D eigenvalue weighted by atomic mass is 10.1. The van der Waals surface area contributed by atoms with E-state index in [-0.39, 0.29) is 6.04 Å². The molecule has 6 heteroatoms. The highest BCUT2D eigenvalue weighted by Gasteiger charge is 2.08. The molecule has 0 radical (unpaired) electrons. The molecule has 4 aromatic rings. The second-order valence-electron chi connectivity index (χ2n) is 6.28. The van der Waals surface area contributed by atoms with Gasteiger partial charge in [-0.05, 0) is 54.4 Å². The number of anilines is 1. The maximum atomic E-state index is 5.97. The molecule has 6 nitrogen and oxygen atoms in total. The zero-order valence-electron chi connectivity index (χ0n) is 14.4. The van der Waals surface area contributed by atoms with Crippen molar-refractivity contribution in [2.24, 2.45) is 11.6 Å². The van der Waals surface area contributed by atoms with Gasteiger partial charge in [0.15, 0.2) is 0 Å². The van der Waals surface area contributed by atoms with Gasteiger partial charge in [-0.25, -0.2) is 15.8 Å². The first-order valence-corrected chi connectivity index (χ1v) is 8.42. The van der Waals surface area contributed by atoms with Gasteiger partial charge in [0.25, 0.3) is 0 Å². The van der Waals surface area contributed by atoms with Crippen LogP contribution in [0.5, 0.6) is 0 Å². The molecule has 0 amide bonds. The zero-order chi connectivity index (χ0) is 18.1. The van der Waals surface area contributed by atoms with Gasteiger partial charge in [-0.2, -0.15) is 0 Å². The smallest absolute Gasteiger partial charge is 0.139 e. The molecule has 0 aliphatic rings. The number of imidazole rings is 1. The normalized spacial score (nSPS) is 12.3. The Bertz CT molecular complexity index is 1050. The number of rotatable bonds is 4. The fourth-order valence-corrected chi connectivity index (χ4v) is 3.00. The number of benzene rings is 2. The van der Waals surface area contributed by atoms with Crippen LogP contribution in [-0.4, -0.2) is 14.5 Å². The minimum Gasteiger partial charge on any atom is -0.324 e. The fraction of sp³-hybridized carbons (Fsp3) is 0.100. The number of pyridine rings is 1. The standard InChI is InChI=1S/C20H20N6/c1-13(21)14-5-7-19-18(10-14)24-12-26(19)17-4-2-3-15(9-17)16-6-8-20(25-22)23-11-16/h2-13H,21-22H2,1H3,(H,23,25). The molecule has 0 saturated carbocycles. The van der Waals surface area contributed by atoms with E-state index in [0.717, 1.165) is 33.4 Å². The van der Waals surface area contributed by atoms with Crippen molar-refractivity contribution in [1.82, 2.24) is 14.5 Å². The van der Waals surface area contributed by atoms with Crippen LogP contribution in [-0.2, 0) is 0 Å². The molecule has 130 valence electrons. The number of nitrogens with one attached hydrogen (secondary N) is 1. The molecule has 0 fully saturated rings. The number of hydrogen-bond donors (Lipinski definition) is 3. The Morgan fingerprint density at radius 1 is 1.00 bits per heavy atom. The molecule has 0 bridgehead atoms. The first-order chi connectivity index (χ1) is 12.7. The monoisotopic (exact) mass is 344 g/mol. The largest absolute Gasteiger partial charge is 0.324 e. The lowest BCUT2D eigenvalue weighted by molar-refractivity contribution is 0.819. The summed E-state index contributed by atoms with van der Waals surface area (Å²) in [5, 5.41) is 0. The Balaban J connectivity index is 1.75. The van der Waals surface area contributed by atoms with Gasteiger partial charge in [0.1, 0.15) is 12.1 Å². The Labute approximate surface area is 151 Å². The van der Waals surface area contributed by atoms with Crippen molar-refractivity contribution in [3.05, 3.63) is 72.7 Å². The number of nitrogen functional groups attached to an aromatic ring is 1. The summed E-state index contributed by atoms with van der Waals surface area (Å²) in [5.41, 5.74) is 14.7. The summed E-state index contributed by atoms with van der Waals surface area (Å²) in [4.78, 5) is 8.81. The summed E-state index contributed by atoms with van der Waals surface area (Å²) < 4.78 is 2.08. The number of nitrogens with two attached hydrogens (primary N) is 2. The van der Waals surface area contributed by atoms with Gasteiger partial charge >= 0.3 is 0 Å². The Morgan fingerprint density at radius 3 is 2.62 bits per heavy atom. The van der Waals surface area contributed by atoms with Crippen LogP contribution in [0.4, 0.5) is 5.82 Å². The Kier molecular flexibility index (Phi) is 4.12. The number of nitrogens with zero attached hydrogens (tertiary/aromatic N) is 3. The minimum atomic E-state index is -0.00800. The average molecular weight is 344 g/mol. The molecule has 0 saturated heterocycles. The van der Waals surface area contributed by atoms with E-state index >= 15 is 0 Å². The van der Waals surface area contributed by atoms with Gasteiger partial charge in [0.2, 0.25) is 0 Å². The van der Waals surface area contributed by atoms with Crippen molar-refractivity contribution in [3.8, 4) is 16.8 Å². The zero-order valence-corrected chi connectivity index (χ0v) is 14.4. The van der Waals surface area contributed by atoms with Crippen molar-refractivity contribution >= 4 is 16.9 Å². The molecule has 1 unspecified atom stereocenters. The first-order valence-electron chi connectivity index (χ1n) is 8.42. The molecular weight excluding hydrogens is 324 g/mol. The molecule has 1 atom stereocenters. The van der Waals surface area contributed by atoms with Crippen LogP contribution >= 0.6 is 0 Å². The van der Waals surface area contributed by atoms with E-state index in [1.807, 2.05) is 37.5 Å². The summed E-state index contributed by atoms with van der Waals surface area (Å²) in [7, 11) is 0. The summed E-state index contributed by atoms with van der Waals surface area (Å²) >= 11 is 0. The van der Waals surface area contributed by atoms with Gasteiger partial charge in [-0.1, -0.05) is 18.2 Å². The van der Waals surface area contributed by atoms with Crippen LogP contribution in [0.25, 0.3) is 27.8 Å². The molecule has 2 aromatic heterocycles. The van der Waals surface area contributed by atoms with E-state index in [2.05, 4.69) is 50.3 Å². The van der Waals surface area contributed by atoms with Crippen LogP contribution < -0.4 is 17.0 Å². The number of hydrazine groups is 1. The van der Waals surface area contributed by atoms with Gasteiger partial charge in [-0.3, -0.25) is 4.57 Å². The van der Waals surface area contributed by atoms with E-state index in [1.54, 1.807) is 6.20 Å². The summed E-state index contributed by atoms with van der Waals surface area (Å²) in [6.07, 6.45) is 3.64. The third-order valence-electron chi connectivity index (χ3n) is 4.47. The molecule has 0 aliphatic heterocycles. The van der Waals surface area contributed by atoms with E-state index in [9.17, 15) is 0 Å². The van der Waals surface area contributed by atoms with Gasteiger partial charge in [0, 0.05) is 23.5 Å². The second-order valence-corrected chi connectivity index (χ2v) is 6.28. The quantitative estimate of drug-likeness (QED) is 0.390. The summed E-state index contributed by atoms with van der Waals surface area (Å²) in [5.74, 6) is 6.01. The predicted octanol–water partition coefficient (Wildman–Crippen LogP) is 3.39. The average Bonchev–Trinajstić information content (AvgIpc) is 3.11. The van der Waals surface area contributed by atoms with Crippen LogP contribution in [0.3, 0.4) is 0 Å². The van der Waals surface area contributed by atoms with Gasteiger partial charge in [0.05, 0.1) is 11.0 Å². The van der Waals surface area contributed by atoms with Gasteiger partial charge < -0.3 is 11.2 Å². The van der Waals surface area contributed by atoms with Crippen molar-refractivity contribution in [2.45, 2.75) is 13.0 Å². The highest BCUT2D eigenvalue weighted by molar-refractivity contribution is 5.79. The van der Waals surface area contributed by atoms with E-state index in [4.69, 9.17) is 11.6 Å². The van der Waals surface area contributed by atoms with Crippen LogP contribution in [0.1, 0.15) is 18.5 Å². The summed E-state index contributed by atoms with van der Waals surface area (Å²) in [6.45, 7) is 1.97. The van der Waals surface area contributed by atoms with Crippen LogP contribution in [0.15, 0.2) is 67.1 Å². The van der Waals surface area contributed by atoms with Gasteiger partial charge in [-0.15, -0.1) is 0 Å². The third kappa shape index (κ3) is 2.92. The van der Waals surface area contributed by atoms with Crippen molar-refractivity contribution < 1.29 is 0 Å². The molecule has 0 aliphatic carbocycles. The molecule has 0 spiro atoms. The molecular formula is C20H20N6. The lowest BCUT2D eigenvalue weighted by Crippen LogP contribution is -2.07. The SMILES string of the molecule is CC(N)c1ccc2c(c1)ncn2-c1cccc(-c2ccc(NN)nc2)c1. The van der Waals surface area contributed by atoms with Crippen LogP contribution in [0, 0.1) is 0 Å². The Hall–Kier alpha value is -3.22. The maximum absolute atomic E-state index is 5.97. The fourth-order valence-electron chi connectivity index (χ4n) is 3.00. The molecule has 2 aromatic carbocycles. The predicted molar refractivity (Wildman–Crippen MR) is 105 cm³/mol. The number of fused-ring (bicyclic) bond motifs is 1. The highest BCUT2D eigenvalue weighted by atomic mass is 15.2. The van der Waals surface area contributed by atoms with Crippen molar-refractivity contribution in [3.63, 3.8) is 0 Å². The third-order valence-corrected chi connectivity index (χ3v) is 4.47. The first kappa shape index (κ1) is 16.3. The maximum Gasteiger partial charge on any atom is 0.139 e. The van der Waals surface area contributed by atoms with E-state index < -0.39 is 0 Å². The topological polar surface area (TPSA) is 94.8 Å². The number of hydrogen-bond acceptors (Lipinski definition) is 5. The molecule has 26 heavy (non-hydrogen) atoms. The van der Waals surface area contributed by atoms with Crippen molar-refractivity contribution in [2.75, 3.05) is 5.43 Å². The van der Waals surface area contributed by atoms with Crippen molar-refractivity contribution in [1.29, 1.82) is 0 Å². The molecule has 2 heterocycles. The number of aromatic nitrogens is 3. The minimum absolute atomic E-state index is 0.00800. The van der Waals surface area contributed by atoms with Crippen LogP contribution in [0.2, 0.25) is 0 Å². The lowest BCUT2D eigenvalue weighted by Gasteiger charge is -2.09. The van der Waals surface area contributed by atoms with E-state index in [1.165, 1.54) is 0 Å².